The van der Waals surface area contributed by atoms with Crippen molar-refractivity contribution in [2.75, 3.05) is 14.2 Å². The molecule has 2 aromatic heterocycles. The molecule has 3 aromatic rings. The zero-order valence-electron chi connectivity index (χ0n) is 15.1. The largest absolute Gasteiger partial charge is 0.493 e. The average molecular weight is 386 g/mol. The summed E-state index contributed by atoms with van der Waals surface area (Å²) >= 11 is 1.42. The van der Waals surface area contributed by atoms with Crippen LogP contribution in [-0.2, 0) is 11.3 Å². The van der Waals surface area contributed by atoms with E-state index in [4.69, 9.17) is 14.2 Å². The predicted octanol–water partition coefficient (Wildman–Crippen LogP) is 3.72. The molecular weight excluding hydrogens is 368 g/mol. The van der Waals surface area contributed by atoms with Gasteiger partial charge in [-0.05, 0) is 25.1 Å². The van der Waals surface area contributed by atoms with Gasteiger partial charge >= 0.3 is 5.97 Å². The summed E-state index contributed by atoms with van der Waals surface area (Å²) in [4.78, 5) is 30.6. The third-order valence-corrected chi connectivity index (χ3v) is 4.77. The number of aromatic amines is 1. The topological polar surface area (TPSA) is 90.5 Å². The Balaban J connectivity index is 1.71. The fourth-order valence-electron chi connectivity index (χ4n) is 2.49. The van der Waals surface area contributed by atoms with Crippen LogP contribution in [0.15, 0.2) is 35.8 Å². The summed E-state index contributed by atoms with van der Waals surface area (Å²) in [6, 6.07) is 7.02. The minimum Gasteiger partial charge on any atom is -0.493 e. The lowest BCUT2D eigenvalue weighted by Gasteiger charge is -2.10. The molecule has 0 fully saturated rings. The number of hydrogen-bond donors (Lipinski definition) is 1. The number of esters is 1. The van der Waals surface area contributed by atoms with Crippen molar-refractivity contribution in [1.82, 2.24) is 9.97 Å². The molecule has 3 rings (SSSR count). The molecule has 0 aliphatic carbocycles. The van der Waals surface area contributed by atoms with Crippen LogP contribution in [0.1, 0.15) is 33.5 Å². The maximum absolute atomic E-state index is 12.1. The molecule has 1 aromatic carbocycles. The number of benzene rings is 1. The molecule has 0 spiro atoms. The number of Topliss-reactive ketones (excluding diaryl/α,β-unsaturated/α-hetero) is 1. The number of H-pyrrole nitrogens is 1. The third kappa shape index (κ3) is 4.01. The van der Waals surface area contributed by atoms with Gasteiger partial charge in [0.1, 0.15) is 17.3 Å². The Bertz CT molecular complexity index is 976. The maximum atomic E-state index is 12.1. The minimum absolute atomic E-state index is 0.0239. The highest BCUT2D eigenvalue weighted by atomic mass is 32.1. The lowest BCUT2D eigenvalue weighted by atomic mass is 10.2. The quantitative estimate of drug-likeness (QED) is 0.492. The first-order chi connectivity index (χ1) is 13.0. The van der Waals surface area contributed by atoms with Gasteiger partial charge in [0, 0.05) is 17.1 Å². The van der Waals surface area contributed by atoms with Crippen molar-refractivity contribution in [2.24, 2.45) is 0 Å². The van der Waals surface area contributed by atoms with Gasteiger partial charge in [0.05, 0.1) is 25.5 Å². The summed E-state index contributed by atoms with van der Waals surface area (Å²) in [5.74, 6) is 0.546. The Morgan fingerprint density at radius 3 is 2.70 bits per heavy atom. The Hall–Kier alpha value is -3.13. The van der Waals surface area contributed by atoms with Crippen LogP contribution < -0.4 is 9.47 Å². The lowest BCUT2D eigenvalue weighted by Crippen LogP contribution is -2.05. The second-order valence-electron chi connectivity index (χ2n) is 5.62. The zero-order chi connectivity index (χ0) is 19.4. The number of para-hydroxylation sites is 1. The van der Waals surface area contributed by atoms with E-state index in [1.165, 1.54) is 30.5 Å². The molecule has 0 amide bonds. The average Bonchev–Trinajstić information content (AvgIpc) is 3.35. The molecule has 7 nitrogen and oxygen atoms in total. The fourth-order valence-corrected chi connectivity index (χ4v) is 3.31. The van der Waals surface area contributed by atoms with E-state index in [1.54, 1.807) is 14.2 Å². The molecule has 0 aliphatic heterocycles. The van der Waals surface area contributed by atoms with E-state index in [1.807, 2.05) is 23.6 Å². The number of methoxy groups -OCH3 is 2. The lowest BCUT2D eigenvalue weighted by molar-refractivity contribution is 0.0462. The number of nitrogens with one attached hydrogen (secondary N) is 1. The van der Waals surface area contributed by atoms with Crippen molar-refractivity contribution in [3.05, 3.63) is 52.8 Å². The zero-order valence-corrected chi connectivity index (χ0v) is 15.9. The molecule has 140 valence electrons. The normalized spacial score (nSPS) is 10.5. The molecule has 0 bridgehead atoms. The molecule has 0 atom stereocenters. The highest BCUT2D eigenvalue weighted by Crippen LogP contribution is 2.39. The number of aromatic nitrogens is 2. The molecule has 1 N–H and O–H groups in total. The van der Waals surface area contributed by atoms with E-state index in [9.17, 15) is 9.59 Å². The monoisotopic (exact) mass is 386 g/mol. The van der Waals surface area contributed by atoms with Gasteiger partial charge in [0.2, 0.25) is 0 Å². The summed E-state index contributed by atoms with van der Waals surface area (Å²) in [5.41, 5.74) is 2.08. The third-order valence-electron chi connectivity index (χ3n) is 3.85. The van der Waals surface area contributed by atoms with E-state index in [0.717, 1.165) is 10.6 Å². The van der Waals surface area contributed by atoms with Crippen LogP contribution in [0.25, 0.3) is 10.6 Å². The summed E-state index contributed by atoms with van der Waals surface area (Å²) in [6.45, 7) is 1.46. The number of thiazole rings is 1. The van der Waals surface area contributed by atoms with Crippen LogP contribution in [0, 0.1) is 0 Å². The number of nitrogens with zero attached hydrogens (tertiary/aromatic N) is 1. The molecule has 0 radical (unpaired) electrons. The van der Waals surface area contributed by atoms with Crippen LogP contribution >= 0.6 is 11.3 Å². The first-order valence-corrected chi connectivity index (χ1v) is 8.93. The number of ether oxygens (including phenoxy) is 3. The second-order valence-corrected chi connectivity index (χ2v) is 6.48. The molecule has 27 heavy (non-hydrogen) atoms. The number of ketones is 1. The number of carbonyl (C=O) groups is 2. The first-order valence-electron chi connectivity index (χ1n) is 8.05. The van der Waals surface area contributed by atoms with E-state index in [-0.39, 0.29) is 18.1 Å². The predicted molar refractivity (Wildman–Crippen MR) is 101 cm³/mol. The van der Waals surface area contributed by atoms with Crippen molar-refractivity contribution < 1.29 is 23.8 Å². The smallest absolute Gasteiger partial charge is 0.355 e. The van der Waals surface area contributed by atoms with Crippen molar-refractivity contribution in [3.63, 3.8) is 0 Å². The molecule has 0 saturated heterocycles. The van der Waals surface area contributed by atoms with E-state index < -0.39 is 5.97 Å². The van der Waals surface area contributed by atoms with Crippen LogP contribution in [0.4, 0.5) is 0 Å². The van der Waals surface area contributed by atoms with E-state index >= 15 is 0 Å². The molecule has 0 unspecified atom stereocenters. The van der Waals surface area contributed by atoms with Crippen molar-refractivity contribution in [3.8, 4) is 22.1 Å². The Morgan fingerprint density at radius 1 is 1.22 bits per heavy atom. The Labute approximate surface area is 159 Å². The molecule has 8 heteroatoms. The summed E-state index contributed by atoms with van der Waals surface area (Å²) in [6.07, 6.45) is 1.48. The highest BCUT2D eigenvalue weighted by Gasteiger charge is 2.16. The van der Waals surface area contributed by atoms with Gasteiger partial charge in [-0.3, -0.25) is 4.79 Å². The highest BCUT2D eigenvalue weighted by molar-refractivity contribution is 7.13. The summed E-state index contributed by atoms with van der Waals surface area (Å²) < 4.78 is 16.0. The van der Waals surface area contributed by atoms with Crippen LogP contribution in [0.5, 0.6) is 11.5 Å². The van der Waals surface area contributed by atoms with Gasteiger partial charge in [-0.15, -0.1) is 11.3 Å². The van der Waals surface area contributed by atoms with Crippen LogP contribution in [0.3, 0.4) is 0 Å². The van der Waals surface area contributed by atoms with E-state index in [0.29, 0.717) is 22.8 Å². The number of rotatable bonds is 7. The summed E-state index contributed by atoms with van der Waals surface area (Å²) in [5, 5.41) is 2.55. The second kappa shape index (κ2) is 8.05. The van der Waals surface area contributed by atoms with Gasteiger partial charge in [0.25, 0.3) is 0 Å². The number of hydrogen-bond acceptors (Lipinski definition) is 7. The minimum atomic E-state index is -0.545. The van der Waals surface area contributed by atoms with E-state index in [2.05, 4.69) is 9.97 Å². The molecule has 2 heterocycles. The number of carbonyl (C=O) groups excluding carboxylic acids is 2. The van der Waals surface area contributed by atoms with Crippen molar-refractivity contribution >= 4 is 23.1 Å². The van der Waals surface area contributed by atoms with Gasteiger partial charge in [-0.1, -0.05) is 6.07 Å². The Kier molecular flexibility index (Phi) is 5.56. The Morgan fingerprint density at radius 2 is 2.04 bits per heavy atom. The molecule has 0 saturated carbocycles. The maximum Gasteiger partial charge on any atom is 0.355 e. The van der Waals surface area contributed by atoms with Crippen molar-refractivity contribution in [2.45, 2.75) is 13.5 Å². The first kappa shape index (κ1) is 18.7. The van der Waals surface area contributed by atoms with Gasteiger partial charge in [-0.2, -0.15) is 0 Å². The SMILES string of the molecule is COc1cccc(-c2nc(COC(=O)c3cc(C(C)=O)c[nH]3)cs2)c1OC. The van der Waals surface area contributed by atoms with Crippen LogP contribution in [-0.4, -0.2) is 35.9 Å². The van der Waals surface area contributed by atoms with Gasteiger partial charge in [0.15, 0.2) is 17.3 Å². The molecular formula is C19H18N2O5S. The fraction of sp³-hybridized carbons (Fsp3) is 0.211. The van der Waals surface area contributed by atoms with Crippen molar-refractivity contribution in [1.29, 1.82) is 0 Å². The summed E-state index contributed by atoms with van der Waals surface area (Å²) in [7, 11) is 3.15. The molecule has 0 aliphatic rings. The van der Waals surface area contributed by atoms with Gasteiger partial charge in [-0.25, -0.2) is 9.78 Å². The van der Waals surface area contributed by atoms with Gasteiger partial charge < -0.3 is 19.2 Å². The van der Waals surface area contributed by atoms with Crippen LogP contribution in [0.2, 0.25) is 0 Å². The standard InChI is InChI=1S/C19H18N2O5S/c1-11(22)12-7-15(20-8-12)19(23)26-9-13-10-27-18(21-13)14-5-4-6-16(24-2)17(14)25-3/h4-8,10,20H,9H2,1-3H3.